The summed E-state index contributed by atoms with van der Waals surface area (Å²) in [6.07, 6.45) is 0. The molecular weight excluding hydrogens is 379 g/mol. The molecule has 106 valence electrons. The van der Waals surface area contributed by atoms with Crippen molar-refractivity contribution < 1.29 is 9.59 Å². The van der Waals surface area contributed by atoms with Crippen molar-refractivity contribution in [1.29, 1.82) is 0 Å². The molecule has 2 amide bonds. The van der Waals surface area contributed by atoms with Crippen LogP contribution in [0.5, 0.6) is 0 Å². The fourth-order valence-corrected chi connectivity index (χ4v) is 3.64. The summed E-state index contributed by atoms with van der Waals surface area (Å²) in [5.74, 6) is -1.02. The summed E-state index contributed by atoms with van der Waals surface area (Å²) in [6.45, 7) is 0. The van der Waals surface area contributed by atoms with Gasteiger partial charge in [-0.05, 0) is 24.3 Å². The van der Waals surface area contributed by atoms with Crippen LogP contribution in [0.3, 0.4) is 0 Å². The molecule has 21 heavy (non-hydrogen) atoms. The van der Waals surface area contributed by atoms with Gasteiger partial charge in [-0.3, -0.25) is 9.59 Å². The van der Waals surface area contributed by atoms with Crippen molar-refractivity contribution in [1.82, 2.24) is 0 Å². The molecule has 3 rings (SSSR count). The second kappa shape index (κ2) is 5.02. The number of imide groups is 1. The molecule has 0 bridgehead atoms. The lowest BCUT2D eigenvalue weighted by Gasteiger charge is -2.17. The van der Waals surface area contributed by atoms with Crippen LogP contribution in [0, 0.1) is 0 Å². The SMILES string of the molecule is Nc1cccc2c1C(=O)N(c1c(Cl)cc(Br)cc1Cl)C2=O. The highest BCUT2D eigenvalue weighted by Gasteiger charge is 2.40. The first-order chi connectivity index (χ1) is 9.91. The number of fused-ring (bicyclic) bond motifs is 1. The number of nitrogens with two attached hydrogens (primary N) is 1. The Morgan fingerprint density at radius 3 is 2.24 bits per heavy atom. The van der Waals surface area contributed by atoms with Crippen molar-refractivity contribution in [2.24, 2.45) is 0 Å². The maximum atomic E-state index is 12.5. The third-order valence-corrected chi connectivity index (χ3v) is 4.19. The van der Waals surface area contributed by atoms with Gasteiger partial charge < -0.3 is 5.73 Å². The van der Waals surface area contributed by atoms with E-state index >= 15 is 0 Å². The van der Waals surface area contributed by atoms with Crippen molar-refractivity contribution in [3.63, 3.8) is 0 Å². The lowest BCUT2D eigenvalue weighted by Crippen LogP contribution is -2.30. The molecular formula is C14H7BrCl2N2O2. The number of nitrogens with zero attached hydrogens (tertiary/aromatic N) is 1. The molecule has 0 fully saturated rings. The number of anilines is 2. The highest BCUT2D eigenvalue weighted by Crippen LogP contribution is 2.41. The smallest absolute Gasteiger partial charge is 0.268 e. The molecule has 0 radical (unpaired) electrons. The zero-order valence-corrected chi connectivity index (χ0v) is 13.5. The molecule has 0 spiro atoms. The number of halogens is 3. The summed E-state index contributed by atoms with van der Waals surface area (Å²) in [5, 5.41) is 0.393. The number of hydrogen-bond acceptors (Lipinski definition) is 3. The number of carbonyl (C=O) groups excluding carboxylic acids is 2. The van der Waals surface area contributed by atoms with Crippen LogP contribution >= 0.6 is 39.1 Å². The Balaban J connectivity index is 2.22. The zero-order valence-electron chi connectivity index (χ0n) is 10.4. The molecule has 2 aromatic carbocycles. The van der Waals surface area contributed by atoms with Gasteiger partial charge in [0.15, 0.2) is 0 Å². The highest BCUT2D eigenvalue weighted by molar-refractivity contribution is 9.10. The molecule has 1 heterocycles. The lowest BCUT2D eigenvalue weighted by atomic mass is 10.1. The minimum Gasteiger partial charge on any atom is -0.398 e. The van der Waals surface area contributed by atoms with Gasteiger partial charge in [-0.1, -0.05) is 45.2 Å². The van der Waals surface area contributed by atoms with Gasteiger partial charge >= 0.3 is 0 Å². The quantitative estimate of drug-likeness (QED) is 0.592. The molecule has 0 saturated carbocycles. The Labute approximate surface area is 138 Å². The predicted octanol–water partition coefficient (Wildman–Crippen LogP) is 4.14. The second-order valence-corrected chi connectivity index (χ2v) is 6.16. The third kappa shape index (κ3) is 2.12. The average molecular weight is 386 g/mol. The van der Waals surface area contributed by atoms with E-state index in [2.05, 4.69) is 15.9 Å². The molecule has 7 heteroatoms. The van der Waals surface area contributed by atoms with Crippen molar-refractivity contribution in [2.75, 3.05) is 10.6 Å². The summed E-state index contributed by atoms with van der Waals surface area (Å²) in [4.78, 5) is 25.9. The van der Waals surface area contributed by atoms with Crippen LogP contribution in [0.1, 0.15) is 20.7 Å². The number of hydrogen-bond donors (Lipinski definition) is 1. The molecule has 2 N–H and O–H groups in total. The Morgan fingerprint density at radius 1 is 1.05 bits per heavy atom. The summed E-state index contributed by atoms with van der Waals surface area (Å²) < 4.78 is 0.650. The lowest BCUT2D eigenvalue weighted by molar-refractivity contribution is 0.0926. The Kier molecular flexibility index (Phi) is 3.43. The van der Waals surface area contributed by atoms with Gasteiger partial charge in [-0.2, -0.15) is 0 Å². The van der Waals surface area contributed by atoms with Gasteiger partial charge in [0.25, 0.3) is 11.8 Å². The number of amides is 2. The number of carbonyl (C=O) groups is 2. The van der Waals surface area contributed by atoms with E-state index in [9.17, 15) is 9.59 Å². The molecule has 0 atom stereocenters. The van der Waals surface area contributed by atoms with Crippen LogP contribution < -0.4 is 10.6 Å². The van der Waals surface area contributed by atoms with E-state index in [1.54, 1.807) is 30.3 Å². The second-order valence-electron chi connectivity index (χ2n) is 4.43. The number of benzene rings is 2. The van der Waals surface area contributed by atoms with Crippen LogP contribution in [0.15, 0.2) is 34.8 Å². The molecule has 0 aliphatic carbocycles. The molecule has 0 unspecified atom stereocenters. The molecule has 2 aromatic rings. The van der Waals surface area contributed by atoms with Crippen molar-refractivity contribution >= 4 is 62.3 Å². The topological polar surface area (TPSA) is 63.4 Å². The van der Waals surface area contributed by atoms with E-state index in [1.807, 2.05) is 0 Å². The van der Waals surface area contributed by atoms with Gasteiger partial charge in [0, 0.05) is 10.2 Å². The van der Waals surface area contributed by atoms with Gasteiger partial charge in [0.1, 0.15) is 0 Å². The first-order valence-corrected chi connectivity index (χ1v) is 7.38. The minimum atomic E-state index is -0.528. The maximum Gasteiger partial charge on any atom is 0.268 e. The van der Waals surface area contributed by atoms with E-state index in [0.29, 0.717) is 4.47 Å². The van der Waals surface area contributed by atoms with Crippen LogP contribution in [-0.2, 0) is 0 Å². The van der Waals surface area contributed by atoms with Crippen LogP contribution in [0.25, 0.3) is 0 Å². The monoisotopic (exact) mass is 384 g/mol. The van der Waals surface area contributed by atoms with Gasteiger partial charge in [-0.25, -0.2) is 4.90 Å². The normalized spacial score (nSPS) is 13.8. The van der Waals surface area contributed by atoms with Gasteiger partial charge in [0.05, 0.1) is 26.9 Å². The summed E-state index contributed by atoms with van der Waals surface area (Å²) >= 11 is 15.5. The largest absolute Gasteiger partial charge is 0.398 e. The minimum absolute atomic E-state index is 0.159. The molecule has 1 aliphatic heterocycles. The van der Waals surface area contributed by atoms with Crippen molar-refractivity contribution in [2.45, 2.75) is 0 Å². The maximum absolute atomic E-state index is 12.5. The standard InChI is InChI=1S/C14H7BrCl2N2O2/c15-6-4-8(16)12(9(17)5-6)19-13(20)7-2-1-3-10(18)11(7)14(19)21/h1-5H,18H2. The molecule has 0 saturated heterocycles. The fourth-order valence-electron chi connectivity index (χ4n) is 2.26. The van der Waals surface area contributed by atoms with E-state index < -0.39 is 11.8 Å². The van der Waals surface area contributed by atoms with Crippen molar-refractivity contribution in [3.05, 3.63) is 56.0 Å². The number of nitrogen functional groups attached to an aromatic ring is 1. The third-order valence-electron chi connectivity index (χ3n) is 3.15. The van der Waals surface area contributed by atoms with Crippen LogP contribution in [0.4, 0.5) is 11.4 Å². The van der Waals surface area contributed by atoms with E-state index in [-0.39, 0.29) is 32.5 Å². The van der Waals surface area contributed by atoms with E-state index in [4.69, 9.17) is 28.9 Å². The summed E-state index contributed by atoms with van der Waals surface area (Å²) in [5.41, 5.74) is 6.62. The van der Waals surface area contributed by atoms with Crippen LogP contribution in [0.2, 0.25) is 10.0 Å². The van der Waals surface area contributed by atoms with Crippen LogP contribution in [-0.4, -0.2) is 11.8 Å². The van der Waals surface area contributed by atoms with Crippen molar-refractivity contribution in [3.8, 4) is 0 Å². The Hall–Kier alpha value is -1.56. The Morgan fingerprint density at radius 2 is 1.67 bits per heavy atom. The summed E-state index contributed by atoms with van der Waals surface area (Å²) in [7, 11) is 0. The van der Waals surface area contributed by atoms with Gasteiger partial charge in [0.2, 0.25) is 0 Å². The Bertz CT molecular complexity index is 785. The van der Waals surface area contributed by atoms with E-state index in [0.717, 1.165) is 4.90 Å². The molecule has 0 aromatic heterocycles. The molecule has 4 nitrogen and oxygen atoms in total. The predicted molar refractivity (Wildman–Crippen MR) is 86.2 cm³/mol. The number of rotatable bonds is 1. The summed E-state index contributed by atoms with van der Waals surface area (Å²) in [6, 6.07) is 7.86. The first kappa shape index (κ1) is 14.4. The average Bonchev–Trinajstić information content (AvgIpc) is 2.64. The van der Waals surface area contributed by atoms with Gasteiger partial charge in [-0.15, -0.1) is 0 Å². The molecule has 1 aliphatic rings. The first-order valence-electron chi connectivity index (χ1n) is 5.83. The zero-order chi connectivity index (χ0) is 15.3. The highest BCUT2D eigenvalue weighted by atomic mass is 79.9. The fraction of sp³-hybridized carbons (Fsp3) is 0. The van der Waals surface area contributed by atoms with E-state index in [1.165, 1.54) is 0 Å².